The van der Waals surface area contributed by atoms with Crippen molar-refractivity contribution in [1.29, 1.82) is 0 Å². The smallest absolute Gasteiger partial charge is 0.0802 e. The molecule has 3 rings (SSSR count). The van der Waals surface area contributed by atoms with Crippen LogP contribution in [0.1, 0.15) is 5.56 Å². The van der Waals surface area contributed by atoms with Crippen molar-refractivity contribution in [2.75, 3.05) is 0 Å². The second kappa shape index (κ2) is 4.80. The lowest BCUT2D eigenvalue weighted by molar-refractivity contribution is 1.05. The lowest BCUT2D eigenvalue weighted by atomic mass is 10.2. The highest BCUT2D eigenvalue weighted by atomic mass is 79.9. The Balaban J connectivity index is 2.07. The van der Waals surface area contributed by atoms with Gasteiger partial charge in [-0.05, 0) is 35.2 Å². The lowest BCUT2D eigenvalue weighted by Crippen LogP contribution is -1.96. The first-order valence-corrected chi connectivity index (χ1v) is 7.22. The third kappa shape index (κ3) is 2.19. The van der Waals surface area contributed by atoms with Crippen molar-refractivity contribution >= 4 is 37.4 Å². The van der Waals surface area contributed by atoms with E-state index >= 15 is 0 Å². The molecular weight excluding hydrogens is 308 g/mol. The van der Waals surface area contributed by atoms with Gasteiger partial charge in [0.25, 0.3) is 0 Å². The number of hydrogen-bond acceptors (Lipinski definition) is 3. The second-order valence-corrected chi connectivity index (χ2v) is 6.05. The molecule has 2 N–H and O–H groups in total. The predicted octanol–water partition coefficient (Wildman–Crippen LogP) is 4.18. The number of halogens is 1. The van der Waals surface area contributed by atoms with Crippen LogP contribution in [-0.4, -0.2) is 4.98 Å². The summed E-state index contributed by atoms with van der Waals surface area (Å²) in [5, 5.41) is 1.25. The number of pyridine rings is 1. The molecular formula is C14H11BrN2S. The van der Waals surface area contributed by atoms with Gasteiger partial charge in [0, 0.05) is 21.9 Å². The van der Waals surface area contributed by atoms with Gasteiger partial charge in [-0.2, -0.15) is 0 Å². The number of fused-ring (bicyclic) bond motifs is 1. The van der Waals surface area contributed by atoms with Crippen LogP contribution in [0.15, 0.2) is 47.1 Å². The summed E-state index contributed by atoms with van der Waals surface area (Å²) in [7, 11) is 0. The lowest BCUT2D eigenvalue weighted by Gasteiger charge is -1.98. The molecule has 0 saturated heterocycles. The van der Waals surface area contributed by atoms with Gasteiger partial charge < -0.3 is 5.73 Å². The van der Waals surface area contributed by atoms with E-state index in [9.17, 15) is 0 Å². The molecule has 2 nitrogen and oxygen atoms in total. The molecule has 0 bridgehead atoms. The van der Waals surface area contributed by atoms with E-state index in [1.54, 1.807) is 11.3 Å². The summed E-state index contributed by atoms with van der Waals surface area (Å²) >= 11 is 5.25. The summed E-state index contributed by atoms with van der Waals surface area (Å²) in [6.07, 6.45) is 1.84. The zero-order valence-electron chi connectivity index (χ0n) is 9.56. The van der Waals surface area contributed by atoms with E-state index in [2.05, 4.69) is 45.2 Å². The Hall–Kier alpha value is -1.23. The van der Waals surface area contributed by atoms with Crippen LogP contribution in [0, 0.1) is 0 Å². The van der Waals surface area contributed by atoms with Crippen LogP contribution in [0.4, 0.5) is 0 Å². The number of rotatable bonds is 2. The molecule has 0 atom stereocenters. The molecule has 0 fully saturated rings. The van der Waals surface area contributed by atoms with Gasteiger partial charge in [-0.1, -0.05) is 28.1 Å². The zero-order chi connectivity index (χ0) is 12.5. The fraction of sp³-hybridized carbons (Fsp3) is 0.0714. The maximum Gasteiger partial charge on any atom is 0.0802 e. The van der Waals surface area contributed by atoms with Gasteiger partial charge in [-0.3, -0.25) is 4.98 Å². The highest BCUT2D eigenvalue weighted by molar-refractivity contribution is 9.10. The van der Waals surface area contributed by atoms with Crippen molar-refractivity contribution in [2.45, 2.75) is 6.54 Å². The van der Waals surface area contributed by atoms with E-state index in [0.717, 1.165) is 15.7 Å². The molecule has 3 aromatic rings. The fourth-order valence-corrected chi connectivity index (χ4v) is 3.41. The Morgan fingerprint density at radius 3 is 2.78 bits per heavy atom. The van der Waals surface area contributed by atoms with Gasteiger partial charge in [0.1, 0.15) is 0 Å². The summed E-state index contributed by atoms with van der Waals surface area (Å²) in [6.45, 7) is 0.534. The molecule has 1 aromatic carbocycles. The Kier molecular flexibility index (Phi) is 3.16. The number of thiophene rings is 1. The summed E-state index contributed by atoms with van der Waals surface area (Å²) in [5.74, 6) is 0. The number of nitrogens with zero attached hydrogens (tertiary/aromatic N) is 1. The average molecular weight is 319 g/mol. The molecule has 2 aromatic heterocycles. The number of hydrogen-bond donors (Lipinski definition) is 1. The Morgan fingerprint density at radius 1 is 1.17 bits per heavy atom. The van der Waals surface area contributed by atoms with E-state index in [4.69, 9.17) is 5.73 Å². The van der Waals surface area contributed by atoms with E-state index in [-0.39, 0.29) is 0 Å². The number of aromatic nitrogens is 1. The minimum absolute atomic E-state index is 0.534. The van der Waals surface area contributed by atoms with Gasteiger partial charge in [-0.15, -0.1) is 11.3 Å². The first-order valence-electron chi connectivity index (χ1n) is 5.61. The van der Waals surface area contributed by atoms with E-state index in [1.165, 1.54) is 15.0 Å². The molecule has 0 spiro atoms. The third-order valence-electron chi connectivity index (χ3n) is 2.80. The third-order valence-corrected chi connectivity index (χ3v) is 4.41. The normalized spacial score (nSPS) is 11.0. The molecule has 18 heavy (non-hydrogen) atoms. The van der Waals surface area contributed by atoms with Crippen molar-refractivity contribution in [2.24, 2.45) is 5.73 Å². The maximum atomic E-state index is 5.57. The highest BCUT2D eigenvalue weighted by Gasteiger charge is 2.05. The van der Waals surface area contributed by atoms with Gasteiger partial charge in [0.2, 0.25) is 0 Å². The van der Waals surface area contributed by atoms with E-state index in [1.807, 2.05) is 18.3 Å². The molecule has 90 valence electrons. The van der Waals surface area contributed by atoms with E-state index < -0.39 is 0 Å². The molecule has 4 heteroatoms. The van der Waals surface area contributed by atoms with Crippen molar-refractivity contribution in [3.8, 4) is 10.6 Å². The molecule has 0 radical (unpaired) electrons. The quantitative estimate of drug-likeness (QED) is 0.769. The van der Waals surface area contributed by atoms with Gasteiger partial charge in [0.15, 0.2) is 0 Å². The molecule has 0 aliphatic rings. The summed E-state index contributed by atoms with van der Waals surface area (Å²) in [5.41, 5.74) is 7.64. The monoisotopic (exact) mass is 318 g/mol. The second-order valence-electron chi connectivity index (χ2n) is 4.05. The molecule has 0 saturated carbocycles. The summed E-state index contributed by atoms with van der Waals surface area (Å²) in [6, 6.07) is 12.6. The van der Waals surface area contributed by atoms with Crippen molar-refractivity contribution in [1.82, 2.24) is 4.98 Å². The molecule has 0 unspecified atom stereocenters. The molecule has 2 heterocycles. The molecule has 0 aliphatic heterocycles. The van der Waals surface area contributed by atoms with Crippen LogP contribution >= 0.6 is 27.3 Å². The molecule has 0 amide bonds. The van der Waals surface area contributed by atoms with Crippen molar-refractivity contribution in [3.63, 3.8) is 0 Å². The zero-order valence-corrected chi connectivity index (χ0v) is 12.0. The summed E-state index contributed by atoms with van der Waals surface area (Å²) < 4.78 is 2.37. The van der Waals surface area contributed by atoms with Crippen LogP contribution in [0.25, 0.3) is 20.7 Å². The number of nitrogens with two attached hydrogens (primary N) is 1. The standard InChI is InChI=1S/C14H11BrN2S/c15-11-3-2-10-5-14(18-13(10)6-11)12-4-1-9(7-16)8-17-12/h1-6,8H,7,16H2. The Bertz CT molecular complexity index is 689. The van der Waals surface area contributed by atoms with Crippen LogP contribution in [0.3, 0.4) is 0 Å². The maximum absolute atomic E-state index is 5.57. The van der Waals surface area contributed by atoms with Crippen molar-refractivity contribution < 1.29 is 0 Å². The topological polar surface area (TPSA) is 38.9 Å². The van der Waals surface area contributed by atoms with Crippen LogP contribution < -0.4 is 5.73 Å². The fourth-order valence-electron chi connectivity index (χ4n) is 1.82. The largest absolute Gasteiger partial charge is 0.326 e. The van der Waals surface area contributed by atoms with Crippen molar-refractivity contribution in [3.05, 3.63) is 52.6 Å². The van der Waals surface area contributed by atoms with Crippen LogP contribution in [-0.2, 0) is 6.54 Å². The van der Waals surface area contributed by atoms with Gasteiger partial charge >= 0.3 is 0 Å². The van der Waals surface area contributed by atoms with E-state index in [0.29, 0.717) is 6.54 Å². The van der Waals surface area contributed by atoms with Gasteiger partial charge in [0.05, 0.1) is 10.6 Å². The first kappa shape index (κ1) is 11.8. The first-order chi connectivity index (χ1) is 8.76. The highest BCUT2D eigenvalue weighted by Crippen LogP contribution is 2.33. The minimum atomic E-state index is 0.534. The molecule has 0 aliphatic carbocycles. The van der Waals surface area contributed by atoms with Crippen LogP contribution in [0.5, 0.6) is 0 Å². The minimum Gasteiger partial charge on any atom is -0.326 e. The average Bonchev–Trinajstić information content (AvgIpc) is 2.81. The predicted molar refractivity (Wildman–Crippen MR) is 80.6 cm³/mol. The Labute approximate surface area is 118 Å². The number of benzene rings is 1. The SMILES string of the molecule is NCc1ccc(-c2cc3ccc(Br)cc3s2)nc1. The summed E-state index contributed by atoms with van der Waals surface area (Å²) in [4.78, 5) is 5.64. The van der Waals surface area contributed by atoms with Crippen LogP contribution in [0.2, 0.25) is 0 Å². The van der Waals surface area contributed by atoms with Gasteiger partial charge in [-0.25, -0.2) is 0 Å². The Morgan fingerprint density at radius 2 is 2.06 bits per heavy atom.